The van der Waals surface area contributed by atoms with Crippen LogP contribution in [0, 0.1) is 0 Å². The molecule has 0 saturated heterocycles. The van der Waals surface area contributed by atoms with E-state index in [1.165, 1.54) is 33.0 Å². The number of hydrogen-bond donors (Lipinski definition) is 0. The Morgan fingerprint density at radius 1 is 0.375 bits per heavy atom. The van der Waals surface area contributed by atoms with Crippen molar-refractivity contribution in [3.8, 4) is 67.4 Å². The second-order valence-electron chi connectivity index (χ2n) is 14.3. The number of nitrogens with zero attached hydrogens (tertiary/aromatic N) is 3. The summed E-state index contributed by atoms with van der Waals surface area (Å²) in [5.41, 5.74) is 14.9. The van der Waals surface area contributed by atoms with Crippen molar-refractivity contribution in [1.82, 2.24) is 15.0 Å². The Kier molecular flexibility index (Phi) is 8.66. The van der Waals surface area contributed by atoms with E-state index in [1.54, 1.807) is 0 Å². The maximum Gasteiger partial charge on any atom is 0.160 e. The van der Waals surface area contributed by atoms with E-state index in [1.807, 2.05) is 18.2 Å². The molecule has 0 N–H and O–H groups in total. The molecule has 0 amide bonds. The van der Waals surface area contributed by atoms with E-state index in [4.69, 9.17) is 15.0 Å². The highest BCUT2D eigenvalue weighted by atomic mass is 14.9. The first-order valence-corrected chi connectivity index (χ1v) is 19.3. The Hall–Kier alpha value is -7.23. The normalized spacial score (nSPS) is 12.5. The molecule has 7 aromatic carbocycles. The third-order valence-electron chi connectivity index (χ3n) is 10.7. The van der Waals surface area contributed by atoms with Gasteiger partial charge in [-0.1, -0.05) is 176 Å². The average molecular weight is 716 g/mol. The van der Waals surface area contributed by atoms with Gasteiger partial charge in [-0.2, -0.15) is 0 Å². The zero-order valence-electron chi connectivity index (χ0n) is 30.8. The fraction of sp³-hybridized carbons (Fsp3) is 0.0377. The monoisotopic (exact) mass is 715 g/mol. The smallest absolute Gasteiger partial charge is 0.160 e. The second kappa shape index (κ2) is 14.5. The van der Waals surface area contributed by atoms with E-state index >= 15 is 0 Å². The molecule has 3 nitrogen and oxygen atoms in total. The quantitative estimate of drug-likeness (QED) is 0.154. The standard InChI is InChI=1S/C53H37N3/c1-5-16-36(17-6-1)42-25-15-26-44(32-42)50-35-49(55-53(56-50)41-22-11-4-12-23-41)40-30-28-38(29-31-40)47-33-43-24-13-14-27-45(43)51-46(37-18-7-2-8-19-37)34-48(54-52(47)51)39-20-9-3-10-21-39/h2-5,7-35H,1,6H2. The zero-order valence-corrected chi connectivity index (χ0v) is 30.8. The molecule has 0 unspecified atom stereocenters. The first-order valence-electron chi connectivity index (χ1n) is 19.3. The maximum atomic E-state index is 5.44. The van der Waals surface area contributed by atoms with Crippen LogP contribution in [0.15, 0.2) is 200 Å². The van der Waals surface area contributed by atoms with E-state index in [0.717, 1.165) is 74.2 Å². The van der Waals surface area contributed by atoms with Crippen LogP contribution in [0.3, 0.4) is 0 Å². The van der Waals surface area contributed by atoms with Crippen molar-refractivity contribution in [3.05, 3.63) is 206 Å². The number of pyridine rings is 1. The average Bonchev–Trinajstić information content (AvgIpc) is 3.29. The maximum absolute atomic E-state index is 5.44. The van der Waals surface area contributed by atoms with E-state index in [-0.39, 0.29) is 0 Å². The van der Waals surface area contributed by atoms with Gasteiger partial charge in [0.05, 0.1) is 22.6 Å². The number of fused-ring (bicyclic) bond motifs is 3. The van der Waals surface area contributed by atoms with E-state index < -0.39 is 0 Å². The van der Waals surface area contributed by atoms with Crippen LogP contribution in [-0.2, 0) is 0 Å². The van der Waals surface area contributed by atoms with Crippen molar-refractivity contribution in [2.45, 2.75) is 12.8 Å². The third-order valence-corrected chi connectivity index (χ3v) is 10.7. The first kappa shape index (κ1) is 33.3. The molecule has 0 aliphatic heterocycles. The van der Waals surface area contributed by atoms with Crippen LogP contribution >= 0.6 is 0 Å². The minimum atomic E-state index is 0.705. The fourth-order valence-corrected chi connectivity index (χ4v) is 7.87. The molecule has 9 aromatic rings. The van der Waals surface area contributed by atoms with Gasteiger partial charge < -0.3 is 0 Å². The van der Waals surface area contributed by atoms with Gasteiger partial charge in [0, 0.05) is 33.2 Å². The van der Waals surface area contributed by atoms with Crippen molar-refractivity contribution < 1.29 is 0 Å². The second-order valence-corrected chi connectivity index (χ2v) is 14.3. The van der Waals surface area contributed by atoms with Gasteiger partial charge in [0.1, 0.15) is 0 Å². The molecule has 0 bridgehead atoms. The summed E-state index contributed by atoms with van der Waals surface area (Å²) in [5.74, 6) is 0.705. The highest BCUT2D eigenvalue weighted by Crippen LogP contribution is 2.42. The summed E-state index contributed by atoms with van der Waals surface area (Å²) in [6, 6.07) is 64.2. The molecule has 0 radical (unpaired) electrons. The summed E-state index contributed by atoms with van der Waals surface area (Å²) in [4.78, 5) is 15.7. The molecule has 3 heteroatoms. The fourth-order valence-electron chi connectivity index (χ4n) is 7.87. The molecule has 2 heterocycles. The molecular formula is C53H37N3. The molecule has 10 rings (SSSR count). The van der Waals surface area contributed by atoms with Crippen molar-refractivity contribution in [1.29, 1.82) is 0 Å². The predicted octanol–water partition coefficient (Wildman–Crippen LogP) is 13.9. The highest BCUT2D eigenvalue weighted by Gasteiger charge is 2.18. The van der Waals surface area contributed by atoms with Gasteiger partial charge in [0.15, 0.2) is 5.82 Å². The molecule has 56 heavy (non-hydrogen) atoms. The Bertz CT molecular complexity index is 2930. The minimum Gasteiger partial charge on any atom is -0.247 e. The van der Waals surface area contributed by atoms with Crippen LogP contribution in [0.4, 0.5) is 0 Å². The predicted molar refractivity (Wildman–Crippen MR) is 234 cm³/mol. The summed E-state index contributed by atoms with van der Waals surface area (Å²) in [7, 11) is 0. The Labute approximate surface area is 327 Å². The Morgan fingerprint density at radius 3 is 1.68 bits per heavy atom. The van der Waals surface area contributed by atoms with Crippen molar-refractivity contribution in [3.63, 3.8) is 0 Å². The molecular weight excluding hydrogens is 679 g/mol. The lowest BCUT2D eigenvalue weighted by Gasteiger charge is -2.17. The molecule has 0 saturated carbocycles. The summed E-state index contributed by atoms with van der Waals surface area (Å²) in [6.45, 7) is 0. The van der Waals surface area contributed by atoms with E-state index in [0.29, 0.717) is 5.82 Å². The van der Waals surface area contributed by atoms with Gasteiger partial charge in [-0.3, -0.25) is 0 Å². The van der Waals surface area contributed by atoms with Crippen LogP contribution in [0.5, 0.6) is 0 Å². The zero-order chi connectivity index (χ0) is 37.3. The first-order chi connectivity index (χ1) is 27.7. The minimum absolute atomic E-state index is 0.705. The molecule has 0 atom stereocenters. The van der Waals surface area contributed by atoms with Crippen LogP contribution in [0.2, 0.25) is 0 Å². The van der Waals surface area contributed by atoms with Crippen molar-refractivity contribution >= 4 is 27.2 Å². The molecule has 1 aliphatic rings. The van der Waals surface area contributed by atoms with Gasteiger partial charge in [-0.05, 0) is 75.7 Å². The number of allylic oxidation sites excluding steroid dienone is 4. The van der Waals surface area contributed by atoms with Gasteiger partial charge >= 0.3 is 0 Å². The Morgan fingerprint density at radius 2 is 0.946 bits per heavy atom. The number of hydrogen-bond acceptors (Lipinski definition) is 3. The summed E-state index contributed by atoms with van der Waals surface area (Å²) in [6.07, 6.45) is 8.96. The number of rotatable bonds is 7. The highest BCUT2D eigenvalue weighted by molar-refractivity contribution is 6.18. The molecule has 2 aromatic heterocycles. The largest absolute Gasteiger partial charge is 0.247 e. The molecule has 1 aliphatic carbocycles. The lowest BCUT2D eigenvalue weighted by atomic mass is 9.90. The molecule has 0 spiro atoms. The number of aromatic nitrogens is 3. The lowest BCUT2D eigenvalue weighted by molar-refractivity contribution is 1.04. The van der Waals surface area contributed by atoms with Gasteiger partial charge in [-0.15, -0.1) is 0 Å². The van der Waals surface area contributed by atoms with Gasteiger partial charge in [0.25, 0.3) is 0 Å². The third kappa shape index (κ3) is 6.40. The summed E-state index contributed by atoms with van der Waals surface area (Å²) < 4.78 is 0. The van der Waals surface area contributed by atoms with Crippen LogP contribution in [-0.4, -0.2) is 15.0 Å². The van der Waals surface area contributed by atoms with E-state index in [2.05, 4.69) is 182 Å². The van der Waals surface area contributed by atoms with Crippen LogP contribution < -0.4 is 0 Å². The van der Waals surface area contributed by atoms with Crippen molar-refractivity contribution in [2.75, 3.05) is 0 Å². The topological polar surface area (TPSA) is 38.7 Å². The number of benzene rings is 7. The van der Waals surface area contributed by atoms with Gasteiger partial charge in [-0.25, -0.2) is 15.0 Å². The van der Waals surface area contributed by atoms with E-state index in [9.17, 15) is 0 Å². The van der Waals surface area contributed by atoms with Crippen LogP contribution in [0.1, 0.15) is 18.4 Å². The van der Waals surface area contributed by atoms with Crippen LogP contribution in [0.25, 0.3) is 94.7 Å². The molecule has 264 valence electrons. The van der Waals surface area contributed by atoms with Gasteiger partial charge in [0.2, 0.25) is 0 Å². The summed E-state index contributed by atoms with van der Waals surface area (Å²) >= 11 is 0. The molecule has 0 fully saturated rings. The summed E-state index contributed by atoms with van der Waals surface area (Å²) in [5, 5.41) is 3.53. The van der Waals surface area contributed by atoms with Crippen molar-refractivity contribution in [2.24, 2.45) is 0 Å². The Balaban J connectivity index is 1.13. The lowest BCUT2D eigenvalue weighted by Crippen LogP contribution is -1.97. The SMILES string of the molecule is C1=CC(c2cccc(-c3cc(-c4ccc(-c5cc6ccccc6c6c(-c7ccccc7)cc(-c7ccccc7)nc56)cc4)nc(-c4ccccc4)n3)c2)=CCC1.